The second-order valence-electron chi connectivity index (χ2n) is 6.58. The first-order chi connectivity index (χ1) is 12.4. The smallest absolute Gasteiger partial charge is 0.0957 e. The normalized spacial score (nSPS) is 13.3. The van der Waals surface area contributed by atoms with Gasteiger partial charge in [0.25, 0.3) is 0 Å². The quantitative estimate of drug-likeness (QED) is 0.458. The third-order valence-electron chi connectivity index (χ3n) is 5.02. The van der Waals surface area contributed by atoms with Gasteiger partial charge in [0.2, 0.25) is 0 Å². The molecule has 0 unspecified atom stereocenters. The van der Waals surface area contributed by atoms with Crippen LogP contribution in [0.15, 0.2) is 71.5 Å². The molecule has 4 aromatic rings. The van der Waals surface area contributed by atoms with Crippen molar-refractivity contribution in [1.29, 1.82) is 0 Å². The first-order valence-corrected chi connectivity index (χ1v) is 8.91. The van der Waals surface area contributed by atoms with Crippen molar-refractivity contribution in [1.82, 2.24) is 0 Å². The molecule has 0 amide bonds. The molecule has 0 bridgehead atoms. The van der Waals surface area contributed by atoms with Gasteiger partial charge in [0.1, 0.15) is 0 Å². The Morgan fingerprint density at radius 2 is 1.64 bits per heavy atom. The molecule has 0 saturated heterocycles. The molecule has 1 aromatic heterocycles. The summed E-state index contributed by atoms with van der Waals surface area (Å²) in [7, 11) is 0. The van der Waals surface area contributed by atoms with Crippen molar-refractivity contribution in [3.05, 3.63) is 83.8 Å². The van der Waals surface area contributed by atoms with E-state index in [4.69, 9.17) is 5.11 Å². The largest absolute Gasteiger partial charge is 0.472 e. The van der Waals surface area contributed by atoms with Gasteiger partial charge < -0.3 is 9.52 Å². The molecule has 1 aliphatic rings. The number of fused-ring (bicyclic) bond motifs is 5. The average Bonchev–Trinajstić information content (AvgIpc) is 3.22. The summed E-state index contributed by atoms with van der Waals surface area (Å²) in [6.45, 7) is 0.0660. The minimum Gasteiger partial charge on any atom is -0.472 e. The topological polar surface area (TPSA) is 33.4 Å². The van der Waals surface area contributed by atoms with E-state index in [1.54, 1.807) is 17.2 Å². The van der Waals surface area contributed by atoms with Gasteiger partial charge in [-0.05, 0) is 64.4 Å². The van der Waals surface area contributed by atoms with E-state index in [-0.39, 0.29) is 6.61 Å². The van der Waals surface area contributed by atoms with Crippen LogP contribution in [0.1, 0.15) is 29.5 Å². The van der Waals surface area contributed by atoms with Gasteiger partial charge in [-0.2, -0.15) is 0 Å². The van der Waals surface area contributed by atoms with Crippen molar-refractivity contribution in [2.45, 2.75) is 32.3 Å². The summed E-state index contributed by atoms with van der Waals surface area (Å²) in [4.78, 5) is 0. The number of hydrogen-bond acceptors (Lipinski definition) is 2. The van der Waals surface area contributed by atoms with Gasteiger partial charge in [-0.15, -0.1) is 0 Å². The molecule has 0 radical (unpaired) electrons. The summed E-state index contributed by atoms with van der Waals surface area (Å²) < 4.78 is 4.65. The summed E-state index contributed by atoms with van der Waals surface area (Å²) in [5.41, 5.74) is 3.99. The summed E-state index contributed by atoms with van der Waals surface area (Å²) >= 11 is 0. The molecular weight excluding hydrogens is 308 g/mol. The first-order valence-electron chi connectivity index (χ1n) is 8.91. The zero-order valence-electron chi connectivity index (χ0n) is 14.2. The van der Waals surface area contributed by atoms with Crippen LogP contribution in [-0.2, 0) is 19.4 Å². The minimum absolute atomic E-state index is 0.0660. The Bertz CT molecular complexity index is 984. The molecule has 126 valence electrons. The van der Waals surface area contributed by atoms with E-state index in [2.05, 4.69) is 52.9 Å². The monoisotopic (exact) mass is 330 g/mol. The van der Waals surface area contributed by atoms with E-state index >= 15 is 0 Å². The zero-order chi connectivity index (χ0) is 17.1. The number of furan rings is 1. The predicted molar refractivity (Wildman–Crippen MR) is 103 cm³/mol. The fraction of sp³-hybridized carbons (Fsp3) is 0.217. The van der Waals surface area contributed by atoms with Crippen molar-refractivity contribution in [3.63, 3.8) is 0 Å². The van der Waals surface area contributed by atoms with E-state index in [0.717, 1.165) is 5.56 Å². The highest BCUT2D eigenvalue weighted by Gasteiger charge is 2.13. The minimum atomic E-state index is 0.0660. The van der Waals surface area contributed by atoms with Gasteiger partial charge in [0.15, 0.2) is 0 Å². The highest BCUT2D eigenvalue weighted by molar-refractivity contribution is 6.08. The molecule has 0 aliphatic heterocycles. The number of aliphatic hydroxyl groups is 1. The van der Waals surface area contributed by atoms with Gasteiger partial charge in [0.05, 0.1) is 19.1 Å². The third-order valence-corrected chi connectivity index (χ3v) is 5.02. The highest BCUT2D eigenvalue weighted by atomic mass is 16.3. The lowest BCUT2D eigenvalue weighted by atomic mass is 9.86. The van der Waals surface area contributed by atoms with E-state index in [1.165, 1.54) is 59.8 Å². The van der Waals surface area contributed by atoms with E-state index in [9.17, 15) is 0 Å². The van der Waals surface area contributed by atoms with Crippen LogP contribution in [0.5, 0.6) is 0 Å². The van der Waals surface area contributed by atoms with Gasteiger partial charge in [-0.3, -0.25) is 0 Å². The number of hydrogen-bond donors (Lipinski definition) is 1. The lowest BCUT2D eigenvalue weighted by Crippen LogP contribution is -2.02. The van der Waals surface area contributed by atoms with E-state index in [0.29, 0.717) is 0 Å². The second kappa shape index (κ2) is 7.12. The molecule has 1 aliphatic carbocycles. The summed E-state index contributed by atoms with van der Waals surface area (Å²) in [6, 6.07) is 19.7. The van der Waals surface area contributed by atoms with Gasteiger partial charge in [-0.1, -0.05) is 48.5 Å². The van der Waals surface area contributed by atoms with Crippen molar-refractivity contribution in [2.24, 2.45) is 0 Å². The molecule has 0 spiro atoms. The van der Waals surface area contributed by atoms with Gasteiger partial charge >= 0.3 is 0 Å². The Morgan fingerprint density at radius 3 is 2.44 bits per heavy atom. The zero-order valence-corrected chi connectivity index (χ0v) is 14.2. The average molecular weight is 330 g/mol. The number of aryl methyl sites for hydroxylation is 2. The fourth-order valence-corrected chi connectivity index (χ4v) is 3.73. The van der Waals surface area contributed by atoms with Crippen LogP contribution in [-0.4, -0.2) is 5.11 Å². The van der Waals surface area contributed by atoms with Gasteiger partial charge in [-0.25, -0.2) is 0 Å². The predicted octanol–water partition coefficient (Wildman–Crippen LogP) is 5.64. The number of rotatable bonds is 1. The molecule has 2 heteroatoms. The lowest BCUT2D eigenvalue weighted by Gasteiger charge is -2.18. The van der Waals surface area contributed by atoms with Crippen molar-refractivity contribution in [2.75, 3.05) is 0 Å². The van der Waals surface area contributed by atoms with Crippen LogP contribution in [0.25, 0.3) is 21.5 Å². The highest BCUT2D eigenvalue weighted by Crippen LogP contribution is 2.33. The lowest BCUT2D eigenvalue weighted by molar-refractivity contribution is 0.280. The molecular formula is C23H22O2. The molecule has 1 N–H and O–H groups in total. The standard InChI is InChI=1S/C18H16.C5H6O2/c1-3-7-15-13(5-1)9-11-18-16-8-4-2-6-14(16)10-12-17(15)18;6-3-5-1-2-7-4-5/h1,3,5,7,9-12H,2,4,6,8H2;1-2,4,6H,3H2. The maximum absolute atomic E-state index is 8.37. The van der Waals surface area contributed by atoms with Crippen LogP contribution in [0.4, 0.5) is 0 Å². The number of benzene rings is 3. The summed E-state index contributed by atoms with van der Waals surface area (Å²) in [5, 5.41) is 14.0. The maximum atomic E-state index is 8.37. The van der Waals surface area contributed by atoms with Crippen molar-refractivity contribution >= 4 is 21.5 Å². The molecule has 3 aromatic carbocycles. The molecule has 5 rings (SSSR count). The van der Waals surface area contributed by atoms with E-state index < -0.39 is 0 Å². The third kappa shape index (κ3) is 3.18. The van der Waals surface area contributed by atoms with Crippen LogP contribution in [0.3, 0.4) is 0 Å². The molecule has 2 nitrogen and oxygen atoms in total. The molecule has 0 atom stereocenters. The van der Waals surface area contributed by atoms with Crippen LogP contribution < -0.4 is 0 Å². The SMILES string of the molecule is OCc1ccoc1.c1ccc2c(c1)ccc1c3c(ccc12)CCCC3. The first kappa shape index (κ1) is 15.9. The van der Waals surface area contributed by atoms with Crippen LogP contribution in [0.2, 0.25) is 0 Å². The Morgan fingerprint density at radius 1 is 0.800 bits per heavy atom. The molecule has 1 heterocycles. The Kier molecular flexibility index (Phi) is 4.53. The molecule has 25 heavy (non-hydrogen) atoms. The Labute approximate surface area is 147 Å². The molecule has 0 saturated carbocycles. The van der Waals surface area contributed by atoms with E-state index in [1.807, 2.05) is 0 Å². The molecule has 0 fully saturated rings. The number of aliphatic hydroxyl groups excluding tert-OH is 1. The van der Waals surface area contributed by atoms with Crippen LogP contribution >= 0.6 is 0 Å². The summed E-state index contributed by atoms with van der Waals surface area (Å²) in [6.07, 6.45) is 8.26. The Hall–Kier alpha value is -2.58. The van der Waals surface area contributed by atoms with Gasteiger partial charge in [0, 0.05) is 5.56 Å². The fourth-order valence-electron chi connectivity index (χ4n) is 3.73. The Balaban J connectivity index is 0.000000190. The second-order valence-corrected chi connectivity index (χ2v) is 6.58. The maximum Gasteiger partial charge on any atom is 0.0957 e. The summed E-state index contributed by atoms with van der Waals surface area (Å²) in [5.74, 6) is 0. The van der Waals surface area contributed by atoms with Crippen molar-refractivity contribution < 1.29 is 9.52 Å². The van der Waals surface area contributed by atoms with Crippen LogP contribution in [0, 0.1) is 0 Å². The van der Waals surface area contributed by atoms with Crippen molar-refractivity contribution in [3.8, 4) is 0 Å².